The first-order chi connectivity index (χ1) is 19.3. The number of unbranched alkanes of at least 4 members (excludes halogenated alkanes) is 14. The largest absolute Gasteiger partial charge is 0.394 e. The Morgan fingerprint density at radius 3 is 1.93 bits per heavy atom. The second-order valence-electron chi connectivity index (χ2n) is 11.3. The zero-order valence-electron chi connectivity index (χ0n) is 25.1. The Hall–Kier alpha value is -1.07. The van der Waals surface area contributed by atoms with Crippen LogP contribution in [0.15, 0.2) is 12.2 Å². The third-order valence-corrected chi connectivity index (χ3v) is 7.61. The smallest absolute Gasteiger partial charge is 0.220 e. The van der Waals surface area contributed by atoms with E-state index in [2.05, 4.69) is 19.2 Å². The molecule has 0 radical (unpaired) electrons. The minimum Gasteiger partial charge on any atom is -0.394 e. The van der Waals surface area contributed by atoms with E-state index in [0.29, 0.717) is 6.42 Å². The molecule has 1 fully saturated rings. The predicted octanol–water partition coefficient (Wildman–Crippen LogP) is 3.88. The summed E-state index contributed by atoms with van der Waals surface area (Å²) in [6.07, 6.45) is 14.6. The first-order valence-corrected chi connectivity index (χ1v) is 15.9. The van der Waals surface area contributed by atoms with Gasteiger partial charge >= 0.3 is 0 Å². The van der Waals surface area contributed by atoms with Gasteiger partial charge in [-0.05, 0) is 12.8 Å². The van der Waals surface area contributed by atoms with E-state index in [1.54, 1.807) is 6.08 Å². The van der Waals surface area contributed by atoms with Crippen molar-refractivity contribution in [2.24, 2.45) is 0 Å². The summed E-state index contributed by atoms with van der Waals surface area (Å²) in [4.78, 5) is 12.7. The maximum absolute atomic E-state index is 12.7. The highest BCUT2D eigenvalue weighted by atomic mass is 16.7. The Kier molecular flexibility index (Phi) is 21.7. The van der Waals surface area contributed by atoms with Gasteiger partial charge in [-0.3, -0.25) is 4.79 Å². The van der Waals surface area contributed by atoms with E-state index in [-0.39, 0.29) is 12.5 Å². The number of rotatable bonds is 24. The number of amides is 1. The van der Waals surface area contributed by atoms with Crippen LogP contribution in [0.25, 0.3) is 0 Å². The standard InChI is InChI=1S/C31H59NO8/c1-3-5-7-9-10-11-12-13-14-15-16-17-19-21-27(35)32-24(25(34)20-18-8-6-4-2)23-39-31-30(38)29(37)28(36)26(22-33)40-31/h18,20,24-26,28-31,33-34,36-38H,3-17,19,21-23H2,1-2H3,(H,32,35)/b20-18+. The lowest BCUT2D eigenvalue weighted by Crippen LogP contribution is -2.60. The summed E-state index contributed by atoms with van der Waals surface area (Å²) < 4.78 is 11.0. The number of hydrogen-bond donors (Lipinski definition) is 6. The molecule has 1 saturated heterocycles. The van der Waals surface area contributed by atoms with E-state index in [1.807, 2.05) is 6.08 Å². The van der Waals surface area contributed by atoms with Crippen LogP contribution in [0.5, 0.6) is 0 Å². The van der Waals surface area contributed by atoms with Gasteiger partial charge in [-0.1, -0.05) is 116 Å². The lowest BCUT2D eigenvalue weighted by atomic mass is 9.99. The Bertz CT molecular complexity index is 647. The molecule has 1 rings (SSSR count). The molecule has 0 saturated carbocycles. The van der Waals surface area contributed by atoms with Crippen molar-refractivity contribution < 1.29 is 39.8 Å². The summed E-state index contributed by atoms with van der Waals surface area (Å²) in [6.45, 7) is 3.57. The van der Waals surface area contributed by atoms with Gasteiger partial charge in [0.25, 0.3) is 0 Å². The van der Waals surface area contributed by atoms with Crippen molar-refractivity contribution in [1.82, 2.24) is 5.32 Å². The van der Waals surface area contributed by atoms with Gasteiger partial charge in [-0.15, -0.1) is 0 Å². The number of carbonyl (C=O) groups is 1. The van der Waals surface area contributed by atoms with Crippen LogP contribution in [-0.2, 0) is 14.3 Å². The first kappa shape index (κ1) is 37.0. The molecule has 1 amide bonds. The molecule has 236 valence electrons. The Labute approximate surface area is 242 Å². The number of aliphatic hydroxyl groups is 5. The highest BCUT2D eigenvalue weighted by Gasteiger charge is 2.44. The van der Waals surface area contributed by atoms with Crippen molar-refractivity contribution in [3.8, 4) is 0 Å². The molecule has 6 N–H and O–H groups in total. The summed E-state index contributed by atoms with van der Waals surface area (Å²) in [5, 5.41) is 53.1. The fraction of sp³-hybridized carbons (Fsp3) is 0.903. The first-order valence-electron chi connectivity index (χ1n) is 15.9. The molecule has 7 atom stereocenters. The number of nitrogens with one attached hydrogen (secondary N) is 1. The van der Waals surface area contributed by atoms with Crippen molar-refractivity contribution in [3.05, 3.63) is 12.2 Å². The summed E-state index contributed by atoms with van der Waals surface area (Å²) in [5.74, 6) is -0.188. The van der Waals surface area contributed by atoms with Gasteiger partial charge in [0.05, 0.1) is 25.4 Å². The Balaban J connectivity index is 2.40. The van der Waals surface area contributed by atoms with E-state index < -0.39 is 49.5 Å². The molecular weight excluding hydrogens is 514 g/mol. The van der Waals surface area contributed by atoms with Crippen molar-refractivity contribution >= 4 is 5.91 Å². The van der Waals surface area contributed by atoms with Crippen LogP contribution in [0.2, 0.25) is 0 Å². The number of carbonyl (C=O) groups excluding carboxylic acids is 1. The number of aliphatic hydroxyl groups excluding tert-OH is 5. The van der Waals surface area contributed by atoms with Crippen LogP contribution in [-0.4, -0.2) is 87.5 Å². The third-order valence-electron chi connectivity index (χ3n) is 7.61. The number of hydrogen-bond acceptors (Lipinski definition) is 8. The van der Waals surface area contributed by atoms with Crippen LogP contribution in [0, 0.1) is 0 Å². The minimum absolute atomic E-state index is 0.188. The molecule has 0 aromatic heterocycles. The molecule has 7 unspecified atom stereocenters. The zero-order chi connectivity index (χ0) is 29.6. The summed E-state index contributed by atoms with van der Waals surface area (Å²) in [7, 11) is 0. The second-order valence-corrected chi connectivity index (χ2v) is 11.3. The average molecular weight is 574 g/mol. The maximum atomic E-state index is 12.7. The summed E-state index contributed by atoms with van der Waals surface area (Å²) in [6, 6.07) is -0.792. The zero-order valence-corrected chi connectivity index (χ0v) is 25.1. The molecule has 1 aliphatic heterocycles. The van der Waals surface area contributed by atoms with E-state index in [1.165, 1.54) is 64.2 Å². The van der Waals surface area contributed by atoms with Gasteiger partial charge in [0, 0.05) is 6.42 Å². The van der Waals surface area contributed by atoms with Crippen molar-refractivity contribution in [2.45, 2.75) is 166 Å². The lowest BCUT2D eigenvalue weighted by molar-refractivity contribution is -0.302. The summed E-state index contributed by atoms with van der Waals surface area (Å²) >= 11 is 0. The highest BCUT2D eigenvalue weighted by Crippen LogP contribution is 2.22. The second kappa shape index (κ2) is 23.5. The SMILES string of the molecule is CCCC/C=C/C(O)C(COC1OC(CO)C(O)C(O)C1O)NC(=O)CCCCCCCCCCCCCCC. The van der Waals surface area contributed by atoms with Crippen LogP contribution in [0.4, 0.5) is 0 Å². The van der Waals surface area contributed by atoms with E-state index >= 15 is 0 Å². The van der Waals surface area contributed by atoms with Crippen LogP contribution < -0.4 is 5.32 Å². The summed E-state index contributed by atoms with van der Waals surface area (Å²) in [5.41, 5.74) is 0. The normalized spacial score (nSPS) is 24.8. The van der Waals surface area contributed by atoms with Gasteiger partial charge in [-0.2, -0.15) is 0 Å². The maximum Gasteiger partial charge on any atom is 0.220 e. The molecule has 9 heteroatoms. The van der Waals surface area contributed by atoms with Gasteiger partial charge in [-0.25, -0.2) is 0 Å². The Morgan fingerprint density at radius 1 is 0.825 bits per heavy atom. The monoisotopic (exact) mass is 573 g/mol. The quantitative estimate of drug-likeness (QED) is 0.0753. The van der Waals surface area contributed by atoms with Crippen LogP contribution in [0.1, 0.15) is 123 Å². The van der Waals surface area contributed by atoms with Crippen LogP contribution in [0.3, 0.4) is 0 Å². The van der Waals surface area contributed by atoms with Crippen molar-refractivity contribution in [3.63, 3.8) is 0 Å². The van der Waals surface area contributed by atoms with E-state index in [0.717, 1.165) is 38.5 Å². The molecule has 0 spiro atoms. The molecule has 40 heavy (non-hydrogen) atoms. The molecule has 1 heterocycles. The molecule has 0 aromatic rings. The van der Waals surface area contributed by atoms with E-state index in [9.17, 15) is 30.3 Å². The minimum atomic E-state index is -1.56. The number of allylic oxidation sites excluding steroid dienone is 1. The average Bonchev–Trinajstić information content (AvgIpc) is 2.95. The van der Waals surface area contributed by atoms with Crippen molar-refractivity contribution in [2.75, 3.05) is 13.2 Å². The lowest BCUT2D eigenvalue weighted by Gasteiger charge is -2.40. The van der Waals surface area contributed by atoms with Gasteiger partial charge in [0.1, 0.15) is 24.4 Å². The molecule has 0 aliphatic carbocycles. The van der Waals surface area contributed by atoms with Crippen LogP contribution >= 0.6 is 0 Å². The fourth-order valence-electron chi connectivity index (χ4n) is 4.90. The van der Waals surface area contributed by atoms with Gasteiger partial charge in [0.2, 0.25) is 5.91 Å². The fourth-order valence-corrected chi connectivity index (χ4v) is 4.90. The third kappa shape index (κ3) is 15.8. The topological polar surface area (TPSA) is 149 Å². The number of ether oxygens (including phenoxy) is 2. The molecule has 0 bridgehead atoms. The van der Waals surface area contributed by atoms with Gasteiger partial charge in [0.15, 0.2) is 6.29 Å². The van der Waals surface area contributed by atoms with E-state index in [4.69, 9.17) is 9.47 Å². The molecule has 0 aromatic carbocycles. The van der Waals surface area contributed by atoms with Crippen molar-refractivity contribution in [1.29, 1.82) is 0 Å². The molecular formula is C31H59NO8. The highest BCUT2D eigenvalue weighted by molar-refractivity contribution is 5.76. The predicted molar refractivity (Wildman–Crippen MR) is 157 cm³/mol. The molecule has 1 aliphatic rings. The Morgan fingerprint density at radius 2 is 1.38 bits per heavy atom. The van der Waals surface area contributed by atoms with Gasteiger partial charge < -0.3 is 40.3 Å². The molecule has 9 nitrogen and oxygen atoms in total.